The van der Waals surface area contributed by atoms with Gasteiger partial charge in [-0.3, -0.25) is 0 Å². The molecule has 118 valence electrons. The average Bonchev–Trinajstić information content (AvgIpc) is 2.52. The van der Waals surface area contributed by atoms with Crippen LogP contribution >= 0.6 is 0 Å². The van der Waals surface area contributed by atoms with E-state index < -0.39 is 6.10 Å². The molecule has 6 N–H and O–H groups in total. The van der Waals surface area contributed by atoms with E-state index in [1.165, 1.54) is 0 Å². The third-order valence-corrected chi connectivity index (χ3v) is 3.10. The fourth-order valence-electron chi connectivity index (χ4n) is 1.89. The van der Waals surface area contributed by atoms with Crippen LogP contribution in [0.2, 0.25) is 0 Å². The van der Waals surface area contributed by atoms with Gasteiger partial charge in [0.15, 0.2) is 0 Å². The van der Waals surface area contributed by atoms with E-state index in [2.05, 4.69) is 5.32 Å². The molecule has 0 aliphatic rings. The maximum Gasteiger partial charge on any atom is 0.142 e. The molecular formula is C16H21N3O3. The summed E-state index contributed by atoms with van der Waals surface area (Å²) in [5.74, 6) is 1.30. The molecule has 1 unspecified atom stereocenters. The molecule has 2 aromatic carbocycles. The Morgan fingerprint density at radius 3 is 2.50 bits per heavy atom. The van der Waals surface area contributed by atoms with Crippen molar-refractivity contribution in [1.29, 1.82) is 0 Å². The SMILES string of the molecule is COc1ccc(NCC(O)COc2ccc(N)cc2N)cc1. The van der Waals surface area contributed by atoms with Gasteiger partial charge in [-0.1, -0.05) is 0 Å². The maximum absolute atomic E-state index is 9.94. The van der Waals surface area contributed by atoms with E-state index in [9.17, 15) is 5.11 Å². The second-order valence-electron chi connectivity index (χ2n) is 4.87. The number of nitrogen functional groups attached to an aromatic ring is 2. The minimum Gasteiger partial charge on any atom is -0.497 e. The number of rotatable bonds is 7. The van der Waals surface area contributed by atoms with Crippen molar-refractivity contribution in [2.45, 2.75) is 6.10 Å². The van der Waals surface area contributed by atoms with Gasteiger partial charge in [0.1, 0.15) is 24.2 Å². The van der Waals surface area contributed by atoms with Crippen LogP contribution in [0.15, 0.2) is 42.5 Å². The Labute approximate surface area is 129 Å². The van der Waals surface area contributed by atoms with Gasteiger partial charge in [-0.05, 0) is 42.5 Å². The van der Waals surface area contributed by atoms with Gasteiger partial charge in [0.05, 0.1) is 12.8 Å². The lowest BCUT2D eigenvalue weighted by atomic mass is 10.2. The number of hydrogen-bond acceptors (Lipinski definition) is 6. The van der Waals surface area contributed by atoms with Crippen molar-refractivity contribution in [2.75, 3.05) is 37.0 Å². The van der Waals surface area contributed by atoms with Crippen molar-refractivity contribution < 1.29 is 14.6 Å². The Hall–Kier alpha value is -2.60. The third kappa shape index (κ3) is 4.46. The normalized spacial score (nSPS) is 11.7. The van der Waals surface area contributed by atoms with Crippen LogP contribution < -0.4 is 26.3 Å². The molecule has 1 atom stereocenters. The first-order valence-electron chi connectivity index (χ1n) is 6.92. The van der Waals surface area contributed by atoms with Crippen LogP contribution in [0.1, 0.15) is 0 Å². The van der Waals surface area contributed by atoms with Crippen molar-refractivity contribution >= 4 is 17.1 Å². The van der Waals surface area contributed by atoms with Crippen LogP contribution in [0.3, 0.4) is 0 Å². The Balaban J connectivity index is 1.78. The van der Waals surface area contributed by atoms with E-state index in [0.717, 1.165) is 11.4 Å². The minimum atomic E-state index is -0.668. The lowest BCUT2D eigenvalue weighted by molar-refractivity contribution is 0.118. The Morgan fingerprint density at radius 2 is 1.86 bits per heavy atom. The van der Waals surface area contributed by atoms with Crippen molar-refractivity contribution in [3.8, 4) is 11.5 Å². The molecule has 0 aromatic heterocycles. The van der Waals surface area contributed by atoms with Crippen LogP contribution in [-0.4, -0.2) is 31.5 Å². The number of ether oxygens (including phenoxy) is 2. The van der Waals surface area contributed by atoms with Gasteiger partial charge in [-0.15, -0.1) is 0 Å². The largest absolute Gasteiger partial charge is 0.497 e. The minimum absolute atomic E-state index is 0.136. The molecule has 0 saturated carbocycles. The zero-order chi connectivity index (χ0) is 15.9. The van der Waals surface area contributed by atoms with Gasteiger partial charge in [0.25, 0.3) is 0 Å². The van der Waals surface area contributed by atoms with E-state index in [0.29, 0.717) is 23.7 Å². The monoisotopic (exact) mass is 303 g/mol. The van der Waals surface area contributed by atoms with Crippen LogP contribution in [0.4, 0.5) is 17.1 Å². The molecule has 0 heterocycles. The number of aliphatic hydroxyl groups excluding tert-OH is 1. The zero-order valence-corrected chi connectivity index (χ0v) is 12.5. The summed E-state index contributed by atoms with van der Waals surface area (Å²) in [5.41, 5.74) is 13.3. The summed E-state index contributed by atoms with van der Waals surface area (Å²) in [6.07, 6.45) is -0.668. The first kappa shape index (κ1) is 15.8. The lowest BCUT2D eigenvalue weighted by Gasteiger charge is -2.15. The number of benzene rings is 2. The van der Waals surface area contributed by atoms with Gasteiger partial charge >= 0.3 is 0 Å². The molecule has 6 heteroatoms. The number of nitrogens with one attached hydrogen (secondary N) is 1. The molecular weight excluding hydrogens is 282 g/mol. The van der Waals surface area contributed by atoms with Crippen LogP contribution in [0, 0.1) is 0 Å². The smallest absolute Gasteiger partial charge is 0.142 e. The van der Waals surface area contributed by atoms with Crippen molar-refractivity contribution in [2.24, 2.45) is 0 Å². The predicted octanol–water partition coefficient (Wildman–Crippen LogP) is 1.71. The number of methoxy groups -OCH3 is 1. The summed E-state index contributed by atoms with van der Waals surface area (Å²) < 4.78 is 10.6. The molecule has 0 fully saturated rings. The highest BCUT2D eigenvalue weighted by Crippen LogP contribution is 2.23. The van der Waals surface area contributed by atoms with Gasteiger partial charge in [0, 0.05) is 17.9 Å². The summed E-state index contributed by atoms with van der Waals surface area (Å²) in [6, 6.07) is 12.5. The predicted molar refractivity (Wildman–Crippen MR) is 88.3 cm³/mol. The van der Waals surface area contributed by atoms with Gasteiger partial charge < -0.3 is 31.4 Å². The lowest BCUT2D eigenvalue weighted by Crippen LogP contribution is -2.26. The summed E-state index contributed by atoms with van der Waals surface area (Å²) in [5, 5.41) is 13.1. The summed E-state index contributed by atoms with van der Waals surface area (Å²) in [6.45, 7) is 0.498. The molecule has 0 saturated heterocycles. The molecule has 6 nitrogen and oxygen atoms in total. The van der Waals surface area contributed by atoms with Crippen LogP contribution in [-0.2, 0) is 0 Å². The summed E-state index contributed by atoms with van der Waals surface area (Å²) in [4.78, 5) is 0. The maximum atomic E-state index is 9.94. The summed E-state index contributed by atoms with van der Waals surface area (Å²) >= 11 is 0. The highest BCUT2D eigenvalue weighted by atomic mass is 16.5. The third-order valence-electron chi connectivity index (χ3n) is 3.10. The zero-order valence-electron chi connectivity index (χ0n) is 12.5. The fraction of sp³-hybridized carbons (Fsp3) is 0.250. The summed E-state index contributed by atoms with van der Waals surface area (Å²) in [7, 11) is 1.62. The quantitative estimate of drug-likeness (QED) is 0.581. The van der Waals surface area contributed by atoms with Crippen LogP contribution in [0.5, 0.6) is 11.5 Å². The van der Waals surface area contributed by atoms with E-state index in [4.69, 9.17) is 20.9 Å². The van der Waals surface area contributed by atoms with Crippen molar-refractivity contribution in [3.05, 3.63) is 42.5 Å². The molecule has 0 aliphatic heterocycles. The molecule has 22 heavy (non-hydrogen) atoms. The first-order chi connectivity index (χ1) is 10.6. The highest BCUT2D eigenvalue weighted by Gasteiger charge is 2.07. The molecule has 2 rings (SSSR count). The molecule has 0 amide bonds. The highest BCUT2D eigenvalue weighted by molar-refractivity contribution is 5.60. The molecule has 0 bridgehead atoms. The van der Waals surface area contributed by atoms with Crippen molar-refractivity contribution in [1.82, 2.24) is 0 Å². The van der Waals surface area contributed by atoms with Gasteiger partial charge in [-0.25, -0.2) is 0 Å². The Kier molecular flexibility index (Phi) is 5.32. The molecule has 0 aliphatic carbocycles. The second-order valence-corrected chi connectivity index (χ2v) is 4.87. The standard InChI is InChI=1S/C16H21N3O3/c1-21-14-5-3-12(4-6-14)19-9-13(20)10-22-16-7-2-11(17)8-15(16)18/h2-8,13,19-20H,9-10,17-18H2,1H3. The van der Waals surface area contributed by atoms with Crippen LogP contribution in [0.25, 0.3) is 0 Å². The van der Waals surface area contributed by atoms with Gasteiger partial charge in [0.2, 0.25) is 0 Å². The van der Waals surface area contributed by atoms with E-state index in [1.54, 1.807) is 25.3 Å². The van der Waals surface area contributed by atoms with E-state index in [-0.39, 0.29) is 6.61 Å². The van der Waals surface area contributed by atoms with E-state index in [1.807, 2.05) is 24.3 Å². The second kappa shape index (κ2) is 7.42. The molecule has 0 radical (unpaired) electrons. The Morgan fingerprint density at radius 1 is 1.14 bits per heavy atom. The first-order valence-corrected chi connectivity index (χ1v) is 6.92. The number of hydrogen-bond donors (Lipinski definition) is 4. The number of anilines is 3. The molecule has 0 spiro atoms. The number of aliphatic hydroxyl groups is 1. The van der Waals surface area contributed by atoms with Gasteiger partial charge in [-0.2, -0.15) is 0 Å². The fourth-order valence-corrected chi connectivity index (χ4v) is 1.89. The Bertz CT molecular complexity index is 602. The van der Waals surface area contributed by atoms with Crippen molar-refractivity contribution in [3.63, 3.8) is 0 Å². The molecule has 2 aromatic rings. The number of nitrogens with two attached hydrogens (primary N) is 2. The topological polar surface area (TPSA) is 103 Å². The van der Waals surface area contributed by atoms with E-state index >= 15 is 0 Å². The average molecular weight is 303 g/mol.